The van der Waals surface area contributed by atoms with E-state index in [4.69, 9.17) is 0 Å². The van der Waals surface area contributed by atoms with E-state index >= 15 is 0 Å². The van der Waals surface area contributed by atoms with Gasteiger partial charge >= 0.3 is 0 Å². The minimum atomic E-state index is -0.698. The molecule has 2 rings (SSSR count). The smallest absolute Gasteiger partial charge is 0.123 e. The van der Waals surface area contributed by atoms with Crippen LogP contribution in [0.5, 0.6) is 0 Å². The van der Waals surface area contributed by atoms with Crippen LogP contribution in [0.25, 0.3) is 0 Å². The number of aliphatic hydroxyl groups excluding tert-OH is 1. The van der Waals surface area contributed by atoms with E-state index in [1.54, 1.807) is 13.0 Å². The Morgan fingerprint density at radius 1 is 1.00 bits per heavy atom. The first kappa shape index (κ1) is 11.8. The standard InChI is InChI=1S/C15H15FO/c1-10-3-5-12(6-4-10)15(17)14-8-7-13(16)9-11(14)2/h3-9,15,17H,1-2H3. The van der Waals surface area contributed by atoms with Crippen LogP contribution in [0.4, 0.5) is 4.39 Å². The van der Waals surface area contributed by atoms with Gasteiger partial charge in [0.25, 0.3) is 0 Å². The van der Waals surface area contributed by atoms with E-state index < -0.39 is 6.10 Å². The van der Waals surface area contributed by atoms with Gasteiger partial charge in [-0.3, -0.25) is 0 Å². The molecule has 17 heavy (non-hydrogen) atoms. The zero-order chi connectivity index (χ0) is 12.4. The second-order valence-corrected chi connectivity index (χ2v) is 4.31. The van der Waals surface area contributed by atoms with E-state index in [0.717, 1.165) is 22.3 Å². The van der Waals surface area contributed by atoms with Gasteiger partial charge < -0.3 is 5.11 Å². The molecule has 0 aliphatic heterocycles. The lowest BCUT2D eigenvalue weighted by Gasteiger charge is -2.14. The Labute approximate surface area is 101 Å². The molecule has 0 spiro atoms. The summed E-state index contributed by atoms with van der Waals surface area (Å²) < 4.78 is 13.0. The van der Waals surface area contributed by atoms with Crippen molar-refractivity contribution < 1.29 is 9.50 Å². The molecule has 0 bridgehead atoms. The zero-order valence-corrected chi connectivity index (χ0v) is 9.94. The van der Waals surface area contributed by atoms with Crippen molar-refractivity contribution in [3.8, 4) is 0 Å². The van der Waals surface area contributed by atoms with Gasteiger partial charge in [0.15, 0.2) is 0 Å². The van der Waals surface area contributed by atoms with Crippen LogP contribution in [0.1, 0.15) is 28.4 Å². The summed E-state index contributed by atoms with van der Waals surface area (Å²) in [7, 11) is 0. The molecular weight excluding hydrogens is 215 g/mol. The highest BCUT2D eigenvalue weighted by Crippen LogP contribution is 2.25. The maximum Gasteiger partial charge on any atom is 0.123 e. The highest BCUT2D eigenvalue weighted by atomic mass is 19.1. The van der Waals surface area contributed by atoms with Crippen LogP contribution < -0.4 is 0 Å². The van der Waals surface area contributed by atoms with Gasteiger partial charge in [-0.1, -0.05) is 35.9 Å². The fraction of sp³-hybridized carbons (Fsp3) is 0.200. The number of aryl methyl sites for hydroxylation is 2. The molecule has 1 N–H and O–H groups in total. The second kappa shape index (κ2) is 4.68. The van der Waals surface area contributed by atoms with Crippen LogP contribution in [0.15, 0.2) is 42.5 Å². The van der Waals surface area contributed by atoms with Crippen LogP contribution in [-0.4, -0.2) is 5.11 Å². The summed E-state index contributed by atoms with van der Waals surface area (Å²) in [5, 5.41) is 10.2. The van der Waals surface area contributed by atoms with Gasteiger partial charge in [-0.15, -0.1) is 0 Å². The first-order valence-corrected chi connectivity index (χ1v) is 5.58. The number of rotatable bonds is 2. The van der Waals surface area contributed by atoms with Gasteiger partial charge in [-0.05, 0) is 42.7 Å². The third-order valence-corrected chi connectivity index (χ3v) is 2.92. The van der Waals surface area contributed by atoms with Crippen molar-refractivity contribution in [2.24, 2.45) is 0 Å². The minimum absolute atomic E-state index is 0.276. The molecule has 2 aromatic carbocycles. The number of hydrogen-bond acceptors (Lipinski definition) is 1. The van der Waals surface area contributed by atoms with E-state index in [9.17, 15) is 9.50 Å². The Morgan fingerprint density at radius 2 is 1.65 bits per heavy atom. The summed E-state index contributed by atoms with van der Waals surface area (Å²) in [5.41, 5.74) is 3.48. The Morgan fingerprint density at radius 3 is 2.24 bits per heavy atom. The van der Waals surface area contributed by atoms with Crippen molar-refractivity contribution >= 4 is 0 Å². The molecule has 0 aliphatic rings. The van der Waals surface area contributed by atoms with E-state index in [1.165, 1.54) is 12.1 Å². The van der Waals surface area contributed by atoms with Gasteiger partial charge in [0, 0.05) is 0 Å². The molecule has 1 nitrogen and oxygen atoms in total. The average Bonchev–Trinajstić information content (AvgIpc) is 2.29. The summed E-state index contributed by atoms with van der Waals surface area (Å²) in [6.07, 6.45) is -0.698. The van der Waals surface area contributed by atoms with Crippen molar-refractivity contribution in [3.63, 3.8) is 0 Å². The molecule has 0 saturated heterocycles. The molecule has 0 amide bonds. The summed E-state index contributed by atoms with van der Waals surface area (Å²) in [4.78, 5) is 0. The number of aliphatic hydroxyl groups is 1. The van der Waals surface area contributed by atoms with Gasteiger partial charge in [0.05, 0.1) is 0 Å². The molecule has 2 aromatic rings. The van der Waals surface area contributed by atoms with Crippen LogP contribution in [0, 0.1) is 19.7 Å². The topological polar surface area (TPSA) is 20.2 Å². The van der Waals surface area contributed by atoms with Gasteiger partial charge in [0.1, 0.15) is 11.9 Å². The average molecular weight is 230 g/mol. The maximum absolute atomic E-state index is 13.0. The summed E-state index contributed by atoms with van der Waals surface area (Å²) in [6, 6.07) is 12.1. The monoisotopic (exact) mass is 230 g/mol. The Balaban J connectivity index is 2.36. The van der Waals surface area contributed by atoms with Gasteiger partial charge in [-0.2, -0.15) is 0 Å². The normalized spacial score (nSPS) is 12.5. The third-order valence-electron chi connectivity index (χ3n) is 2.92. The summed E-state index contributed by atoms with van der Waals surface area (Å²) in [6.45, 7) is 3.80. The maximum atomic E-state index is 13.0. The molecule has 0 saturated carbocycles. The Hall–Kier alpha value is -1.67. The van der Waals surface area contributed by atoms with Crippen molar-refractivity contribution in [1.82, 2.24) is 0 Å². The van der Waals surface area contributed by atoms with Gasteiger partial charge in [-0.25, -0.2) is 4.39 Å². The Kier molecular flexibility index (Phi) is 3.25. The molecule has 1 unspecified atom stereocenters. The van der Waals surface area contributed by atoms with Crippen molar-refractivity contribution in [3.05, 3.63) is 70.5 Å². The van der Waals surface area contributed by atoms with E-state index in [1.807, 2.05) is 31.2 Å². The van der Waals surface area contributed by atoms with Crippen molar-refractivity contribution in [2.45, 2.75) is 20.0 Å². The largest absolute Gasteiger partial charge is 0.384 e. The molecule has 0 heterocycles. The van der Waals surface area contributed by atoms with Crippen LogP contribution in [0.2, 0.25) is 0 Å². The molecule has 1 atom stereocenters. The van der Waals surface area contributed by atoms with Crippen LogP contribution in [0.3, 0.4) is 0 Å². The minimum Gasteiger partial charge on any atom is -0.384 e. The lowest BCUT2D eigenvalue weighted by Crippen LogP contribution is -2.02. The highest BCUT2D eigenvalue weighted by Gasteiger charge is 2.12. The highest BCUT2D eigenvalue weighted by molar-refractivity contribution is 5.36. The number of hydrogen-bond donors (Lipinski definition) is 1. The van der Waals surface area contributed by atoms with Gasteiger partial charge in [0.2, 0.25) is 0 Å². The zero-order valence-electron chi connectivity index (χ0n) is 9.94. The number of benzene rings is 2. The quantitative estimate of drug-likeness (QED) is 0.836. The summed E-state index contributed by atoms with van der Waals surface area (Å²) >= 11 is 0. The fourth-order valence-corrected chi connectivity index (χ4v) is 1.87. The van der Waals surface area contributed by atoms with Crippen molar-refractivity contribution in [2.75, 3.05) is 0 Å². The summed E-state index contributed by atoms with van der Waals surface area (Å²) in [5.74, 6) is -0.276. The SMILES string of the molecule is Cc1ccc(C(O)c2ccc(F)cc2C)cc1. The van der Waals surface area contributed by atoms with Crippen LogP contribution >= 0.6 is 0 Å². The second-order valence-electron chi connectivity index (χ2n) is 4.31. The van der Waals surface area contributed by atoms with E-state index in [0.29, 0.717) is 0 Å². The predicted octanol–water partition coefficient (Wildman–Crippen LogP) is 3.52. The number of halogens is 1. The first-order chi connectivity index (χ1) is 8.08. The van der Waals surface area contributed by atoms with E-state index in [-0.39, 0.29) is 5.82 Å². The Bertz CT molecular complexity index is 517. The van der Waals surface area contributed by atoms with Crippen molar-refractivity contribution in [1.29, 1.82) is 0 Å². The van der Waals surface area contributed by atoms with E-state index in [2.05, 4.69) is 0 Å². The predicted molar refractivity (Wildman–Crippen MR) is 66.4 cm³/mol. The lowest BCUT2D eigenvalue weighted by atomic mass is 9.97. The fourth-order valence-electron chi connectivity index (χ4n) is 1.87. The molecule has 0 aliphatic carbocycles. The first-order valence-electron chi connectivity index (χ1n) is 5.58. The third kappa shape index (κ3) is 2.53. The lowest BCUT2D eigenvalue weighted by molar-refractivity contribution is 0.219. The molecule has 0 fully saturated rings. The molecule has 0 radical (unpaired) electrons. The molecular formula is C15H15FO. The molecule has 0 aromatic heterocycles. The molecule has 88 valence electrons. The molecule has 2 heteroatoms. The van der Waals surface area contributed by atoms with Crippen LogP contribution in [-0.2, 0) is 0 Å².